The Labute approximate surface area is 137 Å². The van der Waals surface area contributed by atoms with E-state index in [0.717, 1.165) is 11.8 Å². The fourth-order valence-electron chi connectivity index (χ4n) is 2.30. The predicted molar refractivity (Wildman–Crippen MR) is 81.4 cm³/mol. The summed E-state index contributed by atoms with van der Waals surface area (Å²) in [5, 5.41) is 41.6. The number of aromatic nitrogens is 1. The van der Waals surface area contributed by atoms with Crippen molar-refractivity contribution in [1.29, 1.82) is 0 Å². The van der Waals surface area contributed by atoms with Gasteiger partial charge in [0.05, 0.1) is 30.0 Å². The Morgan fingerprint density at radius 3 is 2.70 bits per heavy atom. The minimum Gasteiger partial charge on any atom is -0.394 e. The Balaban J connectivity index is 2.21. The van der Waals surface area contributed by atoms with Crippen molar-refractivity contribution in [1.82, 2.24) is 10.3 Å². The Hall–Kier alpha value is -1.23. The zero-order chi connectivity index (χ0) is 17.0. The van der Waals surface area contributed by atoms with Gasteiger partial charge in [0, 0.05) is 6.92 Å². The van der Waals surface area contributed by atoms with Crippen molar-refractivity contribution in [3.8, 4) is 0 Å². The Morgan fingerprint density at radius 1 is 1.35 bits per heavy atom. The van der Waals surface area contributed by atoms with Crippen molar-refractivity contribution in [2.75, 3.05) is 6.61 Å². The van der Waals surface area contributed by atoms with Crippen LogP contribution in [0, 0.1) is 0 Å². The molecule has 9 heteroatoms. The van der Waals surface area contributed by atoms with E-state index in [1.54, 1.807) is 18.2 Å². The van der Waals surface area contributed by atoms with Gasteiger partial charge in [-0.1, -0.05) is 17.8 Å². The van der Waals surface area contributed by atoms with Crippen LogP contribution in [0.15, 0.2) is 23.2 Å². The first-order valence-corrected chi connectivity index (χ1v) is 7.97. The van der Waals surface area contributed by atoms with Gasteiger partial charge in [-0.15, -0.1) is 0 Å². The van der Waals surface area contributed by atoms with Crippen molar-refractivity contribution in [3.05, 3.63) is 23.9 Å². The summed E-state index contributed by atoms with van der Waals surface area (Å²) in [4.78, 5) is 15.6. The Bertz CT molecular complexity index is 546. The van der Waals surface area contributed by atoms with Crippen LogP contribution in [0.25, 0.3) is 0 Å². The number of hydrogen-bond acceptors (Lipinski definition) is 8. The number of thioether (sulfide) groups is 1. The van der Waals surface area contributed by atoms with Crippen LogP contribution in [0.2, 0.25) is 0 Å². The first kappa shape index (κ1) is 18.1. The van der Waals surface area contributed by atoms with Gasteiger partial charge in [0.25, 0.3) is 0 Å². The number of nitrogens with one attached hydrogen (secondary N) is 1. The summed E-state index contributed by atoms with van der Waals surface area (Å²) in [6.45, 7) is 0.616. The molecular formula is C14H20N2O6S. The van der Waals surface area contributed by atoms with Gasteiger partial charge in [-0.25, -0.2) is 4.98 Å². The van der Waals surface area contributed by atoms with Crippen LogP contribution >= 0.6 is 11.8 Å². The minimum absolute atomic E-state index is 0.213. The maximum absolute atomic E-state index is 11.3. The highest BCUT2D eigenvalue weighted by Gasteiger charge is 2.45. The number of aliphatic hydroxyl groups excluding tert-OH is 4. The molecule has 128 valence electrons. The monoisotopic (exact) mass is 344 g/mol. The van der Waals surface area contributed by atoms with E-state index in [9.17, 15) is 20.1 Å². The minimum atomic E-state index is -1.31. The lowest BCUT2D eigenvalue weighted by Gasteiger charge is -2.42. The van der Waals surface area contributed by atoms with Gasteiger partial charge in [0.15, 0.2) is 0 Å². The number of carbonyl (C=O) groups excluding carboxylic acids is 1. The van der Waals surface area contributed by atoms with Crippen molar-refractivity contribution < 1.29 is 30.0 Å². The molecule has 1 saturated heterocycles. The van der Waals surface area contributed by atoms with Gasteiger partial charge in [0.1, 0.15) is 23.7 Å². The number of hydrogen-bond donors (Lipinski definition) is 5. The molecule has 23 heavy (non-hydrogen) atoms. The summed E-state index contributed by atoms with van der Waals surface area (Å²) in [6.07, 6.45) is -3.57. The van der Waals surface area contributed by atoms with Crippen LogP contribution in [0.5, 0.6) is 0 Å². The van der Waals surface area contributed by atoms with E-state index in [1.165, 1.54) is 6.92 Å². The number of rotatable bonds is 5. The van der Waals surface area contributed by atoms with E-state index in [0.29, 0.717) is 10.7 Å². The van der Waals surface area contributed by atoms with Crippen molar-refractivity contribution in [2.24, 2.45) is 0 Å². The van der Waals surface area contributed by atoms with E-state index in [1.807, 2.05) is 0 Å². The van der Waals surface area contributed by atoms with Gasteiger partial charge in [-0.2, -0.15) is 0 Å². The van der Waals surface area contributed by atoms with Crippen LogP contribution in [0.3, 0.4) is 0 Å². The standard InChI is InChI=1S/C14H20N2O6S/c1-7(19)15-11-13(21)12(20)9(6-18)22-14(11)23-10-4-2-3-8(5-17)16-10/h2-4,9,11-14,17-18,20-21H,5-6H2,1H3,(H,15,19)/t9-,11-,12-,13-,14+/m1/s1. The van der Waals surface area contributed by atoms with E-state index < -0.39 is 36.4 Å². The molecule has 1 aliphatic rings. The molecule has 0 radical (unpaired) electrons. The van der Waals surface area contributed by atoms with Crippen molar-refractivity contribution in [2.45, 2.75) is 48.3 Å². The molecule has 2 heterocycles. The number of carbonyl (C=O) groups is 1. The lowest BCUT2D eigenvalue weighted by atomic mass is 9.98. The maximum Gasteiger partial charge on any atom is 0.217 e. The third-order valence-electron chi connectivity index (χ3n) is 3.43. The molecule has 1 aromatic heterocycles. The van der Waals surface area contributed by atoms with E-state index in [4.69, 9.17) is 9.84 Å². The molecule has 0 aromatic carbocycles. The maximum atomic E-state index is 11.3. The second-order valence-electron chi connectivity index (χ2n) is 5.18. The summed E-state index contributed by atoms with van der Waals surface area (Å²) < 4.78 is 5.59. The highest BCUT2D eigenvalue weighted by atomic mass is 32.2. The van der Waals surface area contributed by atoms with Crippen LogP contribution in [-0.4, -0.2) is 67.7 Å². The number of ether oxygens (including phenoxy) is 1. The normalized spacial score (nSPS) is 30.9. The lowest BCUT2D eigenvalue weighted by Crippen LogP contribution is -2.63. The van der Waals surface area contributed by atoms with Gasteiger partial charge < -0.3 is 30.5 Å². The highest BCUT2D eigenvalue weighted by molar-refractivity contribution is 7.99. The molecule has 0 bridgehead atoms. The first-order valence-electron chi connectivity index (χ1n) is 7.09. The van der Waals surface area contributed by atoms with Crippen LogP contribution in [-0.2, 0) is 16.1 Å². The van der Waals surface area contributed by atoms with Gasteiger partial charge in [-0.3, -0.25) is 4.79 Å². The highest BCUT2D eigenvalue weighted by Crippen LogP contribution is 2.32. The third-order valence-corrected chi connectivity index (χ3v) is 4.54. The quantitative estimate of drug-likeness (QED) is 0.441. The predicted octanol–water partition coefficient (Wildman–Crippen LogP) is -1.39. The number of nitrogens with zero attached hydrogens (tertiary/aromatic N) is 1. The SMILES string of the molecule is CC(=O)N[C@@H]1[C@@H](O)[C@H](O)[C@@H](CO)O[C@H]1Sc1cccc(CO)n1. The van der Waals surface area contributed by atoms with E-state index >= 15 is 0 Å². The molecule has 0 aliphatic carbocycles. The number of pyridine rings is 1. The van der Waals surface area contributed by atoms with E-state index in [-0.39, 0.29) is 12.5 Å². The van der Waals surface area contributed by atoms with Crippen molar-refractivity contribution >= 4 is 17.7 Å². The van der Waals surface area contributed by atoms with Crippen LogP contribution in [0.4, 0.5) is 0 Å². The molecule has 5 N–H and O–H groups in total. The number of amides is 1. The molecule has 0 spiro atoms. The summed E-state index contributed by atoms with van der Waals surface area (Å²) in [6, 6.07) is 4.21. The molecule has 0 unspecified atom stereocenters. The van der Waals surface area contributed by atoms with Crippen LogP contribution in [0.1, 0.15) is 12.6 Å². The smallest absolute Gasteiger partial charge is 0.217 e. The topological polar surface area (TPSA) is 132 Å². The molecule has 1 amide bonds. The largest absolute Gasteiger partial charge is 0.394 e. The molecule has 8 nitrogen and oxygen atoms in total. The summed E-state index contributed by atoms with van der Waals surface area (Å²) in [7, 11) is 0. The molecule has 2 rings (SSSR count). The second-order valence-corrected chi connectivity index (χ2v) is 6.29. The van der Waals surface area contributed by atoms with Gasteiger partial charge >= 0.3 is 0 Å². The first-order chi connectivity index (χ1) is 11.0. The zero-order valence-corrected chi connectivity index (χ0v) is 13.3. The van der Waals surface area contributed by atoms with Crippen molar-refractivity contribution in [3.63, 3.8) is 0 Å². The second kappa shape index (κ2) is 8.04. The molecule has 1 aromatic rings. The molecular weight excluding hydrogens is 324 g/mol. The number of aliphatic hydroxyl groups is 4. The molecule has 1 fully saturated rings. The van der Waals surface area contributed by atoms with Gasteiger partial charge in [0.2, 0.25) is 5.91 Å². The third kappa shape index (κ3) is 4.40. The van der Waals surface area contributed by atoms with E-state index in [2.05, 4.69) is 10.3 Å². The molecule has 5 atom stereocenters. The summed E-state index contributed by atoms with van der Waals surface area (Å²) in [5.41, 5.74) is -0.280. The molecule has 0 saturated carbocycles. The average molecular weight is 344 g/mol. The summed E-state index contributed by atoms with van der Waals surface area (Å²) in [5.74, 6) is -0.380. The Kier molecular flexibility index (Phi) is 6.33. The van der Waals surface area contributed by atoms with Crippen LogP contribution < -0.4 is 5.32 Å². The van der Waals surface area contributed by atoms with Gasteiger partial charge in [-0.05, 0) is 12.1 Å². The Morgan fingerprint density at radius 2 is 2.09 bits per heavy atom. The lowest BCUT2D eigenvalue weighted by molar-refractivity contribution is -0.173. The zero-order valence-electron chi connectivity index (χ0n) is 12.5. The fraction of sp³-hybridized carbons (Fsp3) is 0.571. The fourth-order valence-corrected chi connectivity index (χ4v) is 3.44. The average Bonchev–Trinajstić information content (AvgIpc) is 2.54. The summed E-state index contributed by atoms with van der Waals surface area (Å²) >= 11 is 1.13. The molecule has 1 aliphatic heterocycles.